The minimum Gasteiger partial charge on any atom is -0.499 e. The van der Waals surface area contributed by atoms with Crippen LogP contribution in [0.4, 0.5) is 5.95 Å². The molecule has 32 heavy (non-hydrogen) atoms. The zero-order chi connectivity index (χ0) is 22.7. The number of nitrogens with zero attached hydrogens (tertiary/aromatic N) is 6. The maximum atomic E-state index is 6.43. The van der Waals surface area contributed by atoms with Gasteiger partial charge in [0.05, 0.1) is 30.6 Å². The summed E-state index contributed by atoms with van der Waals surface area (Å²) in [6.07, 6.45) is 8.15. The van der Waals surface area contributed by atoms with E-state index in [0.29, 0.717) is 18.1 Å². The molecule has 0 saturated carbocycles. The average Bonchev–Trinajstić information content (AvgIpc) is 3.26. The van der Waals surface area contributed by atoms with Crippen LogP contribution in [0.25, 0.3) is 0 Å². The van der Waals surface area contributed by atoms with Gasteiger partial charge >= 0.3 is 0 Å². The Morgan fingerprint density at radius 3 is 2.97 bits per heavy atom. The van der Waals surface area contributed by atoms with E-state index in [2.05, 4.69) is 61.7 Å². The summed E-state index contributed by atoms with van der Waals surface area (Å²) >= 11 is 0. The van der Waals surface area contributed by atoms with E-state index in [0.717, 1.165) is 36.0 Å². The number of likely N-dealkylation sites (N-methyl/N-ethyl adjacent to an activating group) is 2. The van der Waals surface area contributed by atoms with Gasteiger partial charge in [0.25, 0.3) is 0 Å². The van der Waals surface area contributed by atoms with Crippen molar-refractivity contribution in [3.8, 4) is 12.1 Å². The molecule has 0 bridgehead atoms. The highest BCUT2D eigenvalue weighted by atomic mass is 16.5. The van der Waals surface area contributed by atoms with Crippen LogP contribution in [0.1, 0.15) is 12.1 Å². The molecule has 10 heteroatoms. The Bertz CT molecular complexity index is 1050. The first-order valence-electron chi connectivity index (χ1n) is 10.5. The molecule has 2 unspecified atom stereocenters. The molecule has 0 aromatic carbocycles. The highest BCUT2D eigenvalue weighted by molar-refractivity contribution is 6.07. The molecule has 3 heterocycles. The Kier molecular flexibility index (Phi) is 6.18. The first kappa shape index (κ1) is 21.5. The minimum absolute atomic E-state index is 0.0466. The van der Waals surface area contributed by atoms with Gasteiger partial charge in [0.15, 0.2) is 6.17 Å². The van der Waals surface area contributed by atoms with Crippen molar-refractivity contribution < 1.29 is 4.74 Å². The fraction of sp³-hybridized carbons (Fsp3) is 0.409. The van der Waals surface area contributed by atoms with Crippen molar-refractivity contribution in [1.29, 1.82) is 0 Å². The number of allylic oxidation sites excluding steroid dienone is 2. The van der Waals surface area contributed by atoms with Crippen molar-refractivity contribution in [1.82, 2.24) is 30.1 Å². The van der Waals surface area contributed by atoms with Crippen molar-refractivity contribution in [3.63, 3.8) is 0 Å². The van der Waals surface area contributed by atoms with Gasteiger partial charge in [-0.3, -0.25) is 0 Å². The van der Waals surface area contributed by atoms with Crippen LogP contribution >= 0.6 is 0 Å². The minimum atomic E-state index is -0.164. The van der Waals surface area contributed by atoms with Gasteiger partial charge < -0.3 is 30.9 Å². The predicted molar refractivity (Wildman–Crippen MR) is 124 cm³/mol. The first-order chi connectivity index (χ1) is 15.4. The number of rotatable bonds is 8. The summed E-state index contributed by atoms with van der Waals surface area (Å²) in [7, 11) is 7.82. The summed E-state index contributed by atoms with van der Waals surface area (Å²) < 4.78 is 5.68. The Morgan fingerprint density at radius 2 is 2.19 bits per heavy atom. The summed E-state index contributed by atoms with van der Waals surface area (Å²) in [5, 5.41) is 12.6. The van der Waals surface area contributed by atoms with Crippen LogP contribution < -0.4 is 16.4 Å². The largest absolute Gasteiger partial charge is 0.499 e. The molecular weight excluding hydrogens is 406 g/mol. The van der Waals surface area contributed by atoms with Crippen LogP contribution in [-0.4, -0.2) is 84.0 Å². The quantitative estimate of drug-likeness (QED) is 0.496. The van der Waals surface area contributed by atoms with Crippen LogP contribution in [0.15, 0.2) is 52.7 Å². The second kappa shape index (κ2) is 9.20. The summed E-state index contributed by atoms with van der Waals surface area (Å²) in [6, 6.07) is 7.39. The summed E-state index contributed by atoms with van der Waals surface area (Å²) in [4.78, 5) is 13.3. The molecule has 0 amide bonds. The second-order valence-corrected chi connectivity index (χ2v) is 8.07. The van der Waals surface area contributed by atoms with E-state index in [4.69, 9.17) is 10.5 Å². The fourth-order valence-corrected chi connectivity index (χ4v) is 3.61. The number of hydrogen-bond donors (Lipinski definition) is 3. The van der Waals surface area contributed by atoms with Crippen molar-refractivity contribution in [3.05, 3.63) is 53.3 Å². The third kappa shape index (κ3) is 4.63. The maximum Gasteiger partial charge on any atom is 0.223 e. The molecule has 0 fully saturated rings. The molecule has 0 spiro atoms. The van der Waals surface area contributed by atoms with Crippen LogP contribution in [0.2, 0.25) is 0 Å². The molecule has 1 aliphatic carbocycles. The van der Waals surface area contributed by atoms with Gasteiger partial charge in [-0.25, -0.2) is 9.97 Å². The number of hydrazone groups is 1. The van der Waals surface area contributed by atoms with Crippen LogP contribution in [0.3, 0.4) is 0 Å². The monoisotopic (exact) mass is 435 g/mol. The third-order valence-corrected chi connectivity index (χ3v) is 5.43. The lowest BCUT2D eigenvalue weighted by atomic mass is 10.0. The molecule has 10 nitrogen and oxygen atoms in total. The summed E-state index contributed by atoms with van der Waals surface area (Å²) in [6.45, 7) is 1.80. The number of anilines is 1. The maximum absolute atomic E-state index is 6.43. The van der Waals surface area contributed by atoms with Crippen LogP contribution in [0, 0.1) is 12.1 Å². The number of methoxy groups -OCH3 is 1. The average molecular weight is 436 g/mol. The SMILES string of the molecule is COC1=CC(N(C)CCN(C)C)=C(N)CC1Nc1nccc(C2=NN3C#CNC3C=C2)n1. The van der Waals surface area contributed by atoms with E-state index >= 15 is 0 Å². The van der Waals surface area contributed by atoms with E-state index in [1.54, 1.807) is 18.3 Å². The van der Waals surface area contributed by atoms with Gasteiger partial charge in [0.2, 0.25) is 5.95 Å². The zero-order valence-electron chi connectivity index (χ0n) is 18.8. The molecule has 4 rings (SSSR count). The predicted octanol–water partition coefficient (Wildman–Crippen LogP) is 0.278. The fourth-order valence-electron chi connectivity index (χ4n) is 3.61. The van der Waals surface area contributed by atoms with Gasteiger partial charge in [-0.15, -0.1) is 0 Å². The molecule has 2 aliphatic heterocycles. The number of fused-ring (bicyclic) bond motifs is 1. The molecule has 3 aliphatic rings. The number of nitrogens with one attached hydrogen (secondary N) is 2. The number of nitrogens with two attached hydrogens (primary N) is 1. The van der Waals surface area contributed by atoms with Gasteiger partial charge in [-0.2, -0.15) is 10.1 Å². The standard InChI is InChI=1S/C22H29N9O/c1-29(2)11-12-30(3)19-14-20(32-4)18(13-15(19)23)27-22-25-8-7-16(26-22)17-5-6-21-24-9-10-31(21)28-17/h5-8,14,18,21,24H,11-13,23H2,1-4H3,(H,25,26,27). The van der Waals surface area contributed by atoms with Crippen molar-refractivity contribution in [2.75, 3.05) is 46.7 Å². The van der Waals surface area contributed by atoms with E-state index in [-0.39, 0.29) is 12.2 Å². The van der Waals surface area contributed by atoms with Gasteiger partial charge in [-0.1, -0.05) is 0 Å². The van der Waals surface area contributed by atoms with Gasteiger partial charge in [-0.05, 0) is 32.3 Å². The molecule has 4 N–H and O–H groups in total. The van der Waals surface area contributed by atoms with Crippen LogP contribution in [-0.2, 0) is 4.74 Å². The van der Waals surface area contributed by atoms with E-state index in [9.17, 15) is 0 Å². The Morgan fingerprint density at radius 1 is 1.34 bits per heavy atom. The molecule has 1 aromatic heterocycles. The summed E-state index contributed by atoms with van der Waals surface area (Å²) in [5.41, 5.74) is 9.64. The third-order valence-electron chi connectivity index (χ3n) is 5.43. The topological polar surface area (TPSA) is 107 Å². The Hall–Kier alpha value is -3.71. The molecule has 0 saturated heterocycles. The molecule has 168 valence electrons. The smallest absolute Gasteiger partial charge is 0.223 e. The molecule has 1 aromatic rings. The molecular formula is C22H29N9O. The van der Waals surface area contributed by atoms with E-state index < -0.39 is 0 Å². The van der Waals surface area contributed by atoms with Gasteiger partial charge in [0.1, 0.15) is 11.5 Å². The number of hydrogen-bond acceptors (Lipinski definition) is 10. The zero-order valence-corrected chi connectivity index (χ0v) is 18.8. The lowest BCUT2D eigenvalue weighted by Gasteiger charge is -2.31. The lowest BCUT2D eigenvalue weighted by molar-refractivity contribution is 0.259. The Balaban J connectivity index is 1.48. The lowest BCUT2D eigenvalue weighted by Crippen LogP contribution is -2.35. The van der Waals surface area contributed by atoms with Crippen molar-refractivity contribution in [2.24, 2.45) is 10.8 Å². The normalized spacial score (nSPS) is 21.3. The highest BCUT2D eigenvalue weighted by Gasteiger charge is 2.26. The van der Waals surface area contributed by atoms with Crippen LogP contribution in [0.5, 0.6) is 0 Å². The van der Waals surface area contributed by atoms with E-state index in [1.165, 1.54) is 0 Å². The first-order valence-corrected chi connectivity index (χ1v) is 10.5. The molecule has 2 atom stereocenters. The Labute approximate surface area is 188 Å². The van der Waals surface area contributed by atoms with E-state index in [1.807, 2.05) is 31.3 Å². The van der Waals surface area contributed by atoms with Crippen molar-refractivity contribution in [2.45, 2.75) is 18.6 Å². The highest BCUT2D eigenvalue weighted by Crippen LogP contribution is 2.26. The van der Waals surface area contributed by atoms with Gasteiger partial charge in [0, 0.05) is 50.6 Å². The summed E-state index contributed by atoms with van der Waals surface area (Å²) in [5.74, 6) is 1.27. The second-order valence-electron chi connectivity index (χ2n) is 8.07. The van der Waals surface area contributed by atoms with Crippen molar-refractivity contribution >= 4 is 11.7 Å². The molecule has 0 radical (unpaired) electrons. The number of aromatic nitrogens is 2. The number of ether oxygens (including phenoxy) is 1.